The number of ether oxygens (including phenoxy) is 1. The third kappa shape index (κ3) is 3.73. The lowest BCUT2D eigenvalue weighted by Gasteiger charge is -2.24. The maximum Gasteiger partial charge on any atom is 0.274 e. The summed E-state index contributed by atoms with van der Waals surface area (Å²) in [5, 5.41) is 11.7. The fourth-order valence-corrected chi connectivity index (χ4v) is 3.26. The van der Waals surface area contributed by atoms with E-state index in [-0.39, 0.29) is 5.91 Å². The maximum atomic E-state index is 13.1. The van der Waals surface area contributed by atoms with Crippen molar-refractivity contribution in [2.45, 2.75) is 20.0 Å². The van der Waals surface area contributed by atoms with Gasteiger partial charge in [-0.05, 0) is 38.1 Å². The summed E-state index contributed by atoms with van der Waals surface area (Å²) in [6.07, 6.45) is -0.783. The molecule has 2 aromatic carbocycles. The summed E-state index contributed by atoms with van der Waals surface area (Å²) in [5.74, 6) is 0.137. The van der Waals surface area contributed by atoms with Gasteiger partial charge >= 0.3 is 0 Å². The molecule has 0 aliphatic heterocycles. The molecule has 130 valence electrons. The predicted octanol–water partition coefficient (Wildman–Crippen LogP) is 4.46. The molecule has 1 heterocycles. The zero-order chi connectivity index (χ0) is 18.5. The Balaban J connectivity index is 1.91. The molecule has 0 spiro atoms. The van der Waals surface area contributed by atoms with Crippen LogP contribution in [0.3, 0.4) is 0 Å². The van der Waals surface area contributed by atoms with E-state index in [1.807, 2.05) is 42.6 Å². The number of rotatable bonds is 5. The molecular weight excluding hydrogens is 346 g/mol. The first-order chi connectivity index (χ1) is 12.6. The maximum absolute atomic E-state index is 13.1. The van der Waals surface area contributed by atoms with Crippen LogP contribution in [0, 0.1) is 18.3 Å². The summed E-state index contributed by atoms with van der Waals surface area (Å²) in [7, 11) is 0. The van der Waals surface area contributed by atoms with Crippen LogP contribution < -0.4 is 9.64 Å². The van der Waals surface area contributed by atoms with Crippen LogP contribution >= 0.6 is 11.3 Å². The van der Waals surface area contributed by atoms with Crippen LogP contribution in [-0.2, 0) is 4.79 Å². The second kappa shape index (κ2) is 7.81. The van der Waals surface area contributed by atoms with Crippen LogP contribution in [0.2, 0.25) is 0 Å². The van der Waals surface area contributed by atoms with Gasteiger partial charge in [-0.2, -0.15) is 5.26 Å². The highest BCUT2D eigenvalue weighted by atomic mass is 32.1. The summed E-state index contributed by atoms with van der Waals surface area (Å²) >= 11 is 1.40. The molecule has 0 saturated heterocycles. The van der Waals surface area contributed by atoms with Gasteiger partial charge in [0.1, 0.15) is 11.8 Å². The van der Waals surface area contributed by atoms with Crippen molar-refractivity contribution in [1.29, 1.82) is 5.26 Å². The number of anilines is 2. The summed E-state index contributed by atoms with van der Waals surface area (Å²) in [4.78, 5) is 19.1. The van der Waals surface area contributed by atoms with Crippen molar-refractivity contribution in [3.05, 3.63) is 71.2 Å². The number of carbonyl (C=O) groups excluding carboxylic acids is 1. The molecular formula is C20H17N3O2S. The van der Waals surface area contributed by atoms with Gasteiger partial charge < -0.3 is 4.74 Å². The van der Waals surface area contributed by atoms with Crippen LogP contribution in [0.15, 0.2) is 60.0 Å². The molecule has 5 nitrogen and oxygen atoms in total. The number of carbonyl (C=O) groups is 1. The Bertz CT molecular complexity index is 947. The van der Waals surface area contributed by atoms with E-state index in [1.54, 1.807) is 36.1 Å². The third-order valence-electron chi connectivity index (χ3n) is 3.69. The van der Waals surface area contributed by atoms with Gasteiger partial charge in [0, 0.05) is 5.38 Å². The smallest absolute Gasteiger partial charge is 0.274 e. The van der Waals surface area contributed by atoms with Crippen LogP contribution in [0.1, 0.15) is 18.2 Å². The Labute approximate surface area is 156 Å². The lowest BCUT2D eigenvalue weighted by molar-refractivity contribution is -0.123. The van der Waals surface area contributed by atoms with Crippen molar-refractivity contribution in [1.82, 2.24) is 4.98 Å². The van der Waals surface area contributed by atoms with Gasteiger partial charge in [-0.25, -0.2) is 4.98 Å². The van der Waals surface area contributed by atoms with Gasteiger partial charge in [0.15, 0.2) is 11.2 Å². The monoisotopic (exact) mass is 363 g/mol. The number of amides is 1. The highest BCUT2D eigenvalue weighted by Gasteiger charge is 2.27. The van der Waals surface area contributed by atoms with Gasteiger partial charge in [0.05, 0.1) is 16.9 Å². The first-order valence-electron chi connectivity index (χ1n) is 8.07. The molecule has 0 bridgehead atoms. The largest absolute Gasteiger partial charge is 0.479 e. The summed E-state index contributed by atoms with van der Waals surface area (Å²) in [6.45, 7) is 3.56. The van der Waals surface area contributed by atoms with Crippen molar-refractivity contribution in [3.63, 3.8) is 0 Å². The fourth-order valence-electron chi connectivity index (χ4n) is 2.44. The van der Waals surface area contributed by atoms with E-state index in [9.17, 15) is 10.1 Å². The summed E-state index contributed by atoms with van der Waals surface area (Å²) < 4.78 is 5.79. The second-order valence-corrected chi connectivity index (χ2v) is 6.49. The number of para-hydroxylation sites is 2. The van der Waals surface area contributed by atoms with E-state index in [0.717, 1.165) is 11.4 Å². The quantitative estimate of drug-likeness (QED) is 0.671. The Morgan fingerprint density at radius 3 is 2.54 bits per heavy atom. The predicted molar refractivity (Wildman–Crippen MR) is 102 cm³/mol. The minimum absolute atomic E-state index is 0.252. The van der Waals surface area contributed by atoms with Gasteiger partial charge in [0.2, 0.25) is 0 Å². The highest BCUT2D eigenvalue weighted by Crippen LogP contribution is 2.30. The van der Waals surface area contributed by atoms with Crippen LogP contribution in [0.25, 0.3) is 0 Å². The molecule has 1 atom stereocenters. The Kier molecular flexibility index (Phi) is 5.30. The van der Waals surface area contributed by atoms with E-state index in [0.29, 0.717) is 16.4 Å². The van der Waals surface area contributed by atoms with E-state index in [4.69, 9.17) is 4.74 Å². The SMILES string of the molecule is Cc1csc(N(C(=O)C(C)Oc2ccccc2C#N)c2ccccc2)n1. The molecule has 3 aromatic rings. The fraction of sp³-hybridized carbons (Fsp3) is 0.150. The van der Waals surface area contributed by atoms with E-state index in [1.165, 1.54) is 11.3 Å². The van der Waals surface area contributed by atoms with Gasteiger partial charge in [0.25, 0.3) is 5.91 Å². The van der Waals surface area contributed by atoms with Crippen molar-refractivity contribution in [3.8, 4) is 11.8 Å². The molecule has 0 saturated carbocycles. The Morgan fingerprint density at radius 1 is 1.19 bits per heavy atom. The Morgan fingerprint density at radius 2 is 1.88 bits per heavy atom. The van der Waals surface area contributed by atoms with Gasteiger partial charge in [-0.3, -0.25) is 9.69 Å². The first kappa shape index (κ1) is 17.6. The lowest BCUT2D eigenvalue weighted by Crippen LogP contribution is -2.37. The highest BCUT2D eigenvalue weighted by molar-refractivity contribution is 7.14. The van der Waals surface area contributed by atoms with Crippen molar-refractivity contribution >= 4 is 28.1 Å². The number of aromatic nitrogens is 1. The van der Waals surface area contributed by atoms with Crippen molar-refractivity contribution in [2.75, 3.05) is 4.90 Å². The molecule has 0 N–H and O–H groups in total. The topological polar surface area (TPSA) is 66.2 Å². The number of benzene rings is 2. The minimum atomic E-state index is -0.783. The molecule has 1 unspecified atom stereocenters. The third-order valence-corrected chi connectivity index (χ3v) is 4.64. The van der Waals surface area contributed by atoms with Crippen LogP contribution in [-0.4, -0.2) is 17.0 Å². The number of thiazole rings is 1. The number of nitrogens with zero attached hydrogens (tertiary/aromatic N) is 3. The molecule has 0 aliphatic rings. The lowest BCUT2D eigenvalue weighted by atomic mass is 10.2. The molecule has 0 radical (unpaired) electrons. The molecule has 0 fully saturated rings. The molecule has 3 rings (SSSR count). The zero-order valence-corrected chi connectivity index (χ0v) is 15.2. The number of hydrogen-bond acceptors (Lipinski definition) is 5. The molecule has 6 heteroatoms. The average Bonchev–Trinajstić information content (AvgIpc) is 3.09. The van der Waals surface area contributed by atoms with Gasteiger partial charge in [-0.1, -0.05) is 30.3 Å². The number of aryl methyl sites for hydroxylation is 1. The first-order valence-corrected chi connectivity index (χ1v) is 8.95. The normalized spacial score (nSPS) is 11.4. The van der Waals surface area contributed by atoms with Crippen molar-refractivity contribution in [2.24, 2.45) is 0 Å². The van der Waals surface area contributed by atoms with Crippen molar-refractivity contribution < 1.29 is 9.53 Å². The zero-order valence-electron chi connectivity index (χ0n) is 14.4. The molecule has 1 amide bonds. The summed E-state index contributed by atoms with van der Waals surface area (Å²) in [5.41, 5.74) is 1.96. The summed E-state index contributed by atoms with van der Waals surface area (Å²) in [6, 6.07) is 18.3. The standard InChI is InChI=1S/C20H17N3O2S/c1-14-13-26-20(22-14)23(17-9-4-3-5-10-17)19(24)15(2)25-18-11-7-6-8-16(18)12-21/h3-11,13,15H,1-2H3. The molecule has 26 heavy (non-hydrogen) atoms. The molecule has 0 aliphatic carbocycles. The van der Waals surface area contributed by atoms with Crippen LogP contribution in [0.4, 0.5) is 10.8 Å². The molecule has 1 aromatic heterocycles. The average molecular weight is 363 g/mol. The minimum Gasteiger partial charge on any atom is -0.479 e. The van der Waals surface area contributed by atoms with E-state index >= 15 is 0 Å². The Hall–Kier alpha value is -3.17. The number of nitriles is 1. The van der Waals surface area contributed by atoms with E-state index < -0.39 is 6.10 Å². The van der Waals surface area contributed by atoms with E-state index in [2.05, 4.69) is 11.1 Å². The second-order valence-electron chi connectivity index (χ2n) is 5.65. The van der Waals surface area contributed by atoms with Crippen LogP contribution in [0.5, 0.6) is 5.75 Å². The van der Waals surface area contributed by atoms with Gasteiger partial charge in [-0.15, -0.1) is 11.3 Å². The number of hydrogen-bond donors (Lipinski definition) is 0.